The number of rotatable bonds is 0. The fourth-order valence-corrected chi connectivity index (χ4v) is 1.32. The molecule has 5 heteroatoms. The second kappa shape index (κ2) is 2.69. The van der Waals surface area contributed by atoms with Crippen LogP contribution in [0.1, 0.15) is 5.82 Å². The fraction of sp³-hybridized carbons (Fsp3) is 0.375. The van der Waals surface area contributed by atoms with Crippen molar-refractivity contribution in [3.05, 3.63) is 12.0 Å². The van der Waals surface area contributed by atoms with Crippen molar-refractivity contribution in [1.82, 2.24) is 9.97 Å². The van der Waals surface area contributed by atoms with Crippen LogP contribution in [-0.4, -0.2) is 29.5 Å². The summed E-state index contributed by atoms with van der Waals surface area (Å²) in [6.45, 7) is 2.17. The first-order valence-corrected chi connectivity index (χ1v) is 4.01. The molecule has 68 valence electrons. The molecule has 0 radical (unpaired) electrons. The van der Waals surface area contributed by atoms with Crippen LogP contribution < -0.4 is 10.2 Å². The number of fused-ring (bicyclic) bond motifs is 1. The summed E-state index contributed by atoms with van der Waals surface area (Å²) in [6.07, 6.45) is 1.63. The fourth-order valence-electron chi connectivity index (χ4n) is 1.32. The Kier molecular flexibility index (Phi) is 1.65. The van der Waals surface area contributed by atoms with Gasteiger partial charge in [0.25, 0.3) is 0 Å². The molecule has 1 N–H and O–H groups in total. The zero-order chi connectivity index (χ0) is 9.42. The third kappa shape index (κ3) is 1.32. The summed E-state index contributed by atoms with van der Waals surface area (Å²) in [5.74, 6) is 1.47. The smallest absolute Gasteiger partial charge is 0.244 e. The Hall–Kier alpha value is -1.65. The lowest BCUT2D eigenvalue weighted by Gasteiger charge is -2.25. The second-order valence-corrected chi connectivity index (χ2v) is 3.06. The standard InChI is InChI=1S/C8H10N4O/c1-5-9-3-6-8(10-5)12(2)4-7(13)11-6/h3H,4H2,1-2H3,(H,11,13). The molecule has 2 rings (SSSR count). The van der Waals surface area contributed by atoms with Gasteiger partial charge in [0.05, 0.1) is 12.7 Å². The normalized spacial score (nSPS) is 15.2. The van der Waals surface area contributed by atoms with Crippen LogP contribution in [0.15, 0.2) is 6.20 Å². The average Bonchev–Trinajstić information content (AvgIpc) is 2.06. The number of hydrogen-bond acceptors (Lipinski definition) is 4. The summed E-state index contributed by atoms with van der Waals surface area (Å²) >= 11 is 0. The van der Waals surface area contributed by atoms with Gasteiger partial charge in [-0.25, -0.2) is 9.97 Å². The summed E-state index contributed by atoms with van der Waals surface area (Å²) in [4.78, 5) is 21.2. The van der Waals surface area contributed by atoms with Crippen molar-refractivity contribution in [3.63, 3.8) is 0 Å². The van der Waals surface area contributed by atoms with Crippen LogP contribution in [0.25, 0.3) is 0 Å². The molecule has 13 heavy (non-hydrogen) atoms. The molecule has 0 bridgehead atoms. The Labute approximate surface area is 75.8 Å². The molecule has 0 fully saturated rings. The van der Waals surface area contributed by atoms with Crippen LogP contribution in [0.2, 0.25) is 0 Å². The molecule has 1 aliphatic rings. The van der Waals surface area contributed by atoms with E-state index in [1.165, 1.54) is 0 Å². The third-order valence-electron chi connectivity index (χ3n) is 1.91. The van der Waals surface area contributed by atoms with Crippen LogP contribution in [0.5, 0.6) is 0 Å². The van der Waals surface area contributed by atoms with Crippen LogP contribution in [0, 0.1) is 6.92 Å². The SMILES string of the molecule is Cc1ncc2c(n1)N(C)CC(=O)N2. The van der Waals surface area contributed by atoms with Crippen LogP contribution in [0.4, 0.5) is 11.5 Å². The van der Waals surface area contributed by atoms with E-state index in [1.54, 1.807) is 6.20 Å². The zero-order valence-electron chi connectivity index (χ0n) is 7.53. The van der Waals surface area contributed by atoms with Crippen molar-refractivity contribution in [2.24, 2.45) is 0 Å². The van der Waals surface area contributed by atoms with E-state index in [4.69, 9.17) is 0 Å². The van der Waals surface area contributed by atoms with Gasteiger partial charge in [0, 0.05) is 7.05 Å². The van der Waals surface area contributed by atoms with E-state index in [9.17, 15) is 4.79 Å². The Morgan fingerprint density at radius 2 is 2.38 bits per heavy atom. The van der Waals surface area contributed by atoms with Crippen LogP contribution >= 0.6 is 0 Å². The summed E-state index contributed by atoms with van der Waals surface area (Å²) in [6, 6.07) is 0. The number of nitrogens with zero attached hydrogens (tertiary/aromatic N) is 3. The van der Waals surface area contributed by atoms with Gasteiger partial charge in [-0.15, -0.1) is 0 Å². The first kappa shape index (κ1) is 7.97. The number of nitrogens with one attached hydrogen (secondary N) is 1. The molecule has 0 aliphatic carbocycles. The topological polar surface area (TPSA) is 58.1 Å². The lowest BCUT2D eigenvalue weighted by Crippen LogP contribution is -2.36. The predicted octanol–water partition coefficient (Wildman–Crippen LogP) is 0.173. The number of hydrogen-bond donors (Lipinski definition) is 1. The maximum absolute atomic E-state index is 11.1. The number of likely N-dealkylation sites (N-methyl/N-ethyl adjacent to an activating group) is 1. The van der Waals surface area contributed by atoms with Crippen LogP contribution in [0.3, 0.4) is 0 Å². The van der Waals surface area contributed by atoms with Gasteiger partial charge in [-0.1, -0.05) is 0 Å². The number of amides is 1. The van der Waals surface area contributed by atoms with Gasteiger partial charge in [-0.3, -0.25) is 4.79 Å². The molecule has 0 atom stereocenters. The number of anilines is 2. The van der Waals surface area contributed by atoms with Crippen molar-refractivity contribution in [1.29, 1.82) is 0 Å². The first-order chi connectivity index (χ1) is 6.16. The van der Waals surface area contributed by atoms with E-state index in [0.29, 0.717) is 18.1 Å². The van der Waals surface area contributed by atoms with E-state index in [0.717, 1.165) is 5.82 Å². The van der Waals surface area contributed by atoms with Gasteiger partial charge < -0.3 is 10.2 Å². The van der Waals surface area contributed by atoms with Crippen molar-refractivity contribution in [2.45, 2.75) is 6.92 Å². The maximum Gasteiger partial charge on any atom is 0.244 e. The van der Waals surface area contributed by atoms with E-state index in [2.05, 4.69) is 15.3 Å². The predicted molar refractivity (Wildman–Crippen MR) is 48.7 cm³/mol. The van der Waals surface area contributed by atoms with Gasteiger partial charge in [-0.05, 0) is 6.92 Å². The summed E-state index contributed by atoms with van der Waals surface area (Å²) < 4.78 is 0. The molecule has 0 saturated carbocycles. The Morgan fingerprint density at radius 3 is 3.15 bits per heavy atom. The largest absolute Gasteiger partial charge is 0.349 e. The molecule has 0 aromatic carbocycles. The summed E-state index contributed by atoms with van der Waals surface area (Å²) in [7, 11) is 1.84. The highest BCUT2D eigenvalue weighted by Crippen LogP contribution is 2.24. The van der Waals surface area contributed by atoms with E-state index in [1.807, 2.05) is 18.9 Å². The zero-order valence-corrected chi connectivity index (χ0v) is 7.53. The molecule has 0 saturated heterocycles. The van der Waals surface area contributed by atoms with E-state index < -0.39 is 0 Å². The molecule has 0 unspecified atom stereocenters. The Morgan fingerprint density at radius 1 is 1.62 bits per heavy atom. The van der Waals surface area contributed by atoms with Crippen molar-refractivity contribution < 1.29 is 4.79 Å². The Bertz CT molecular complexity index is 363. The molecule has 1 aliphatic heterocycles. The van der Waals surface area contributed by atoms with Gasteiger partial charge in [0.15, 0.2) is 5.82 Å². The molecule has 0 spiro atoms. The minimum atomic E-state index is -0.0255. The Balaban J connectivity index is 2.49. The lowest BCUT2D eigenvalue weighted by molar-refractivity contribution is -0.115. The van der Waals surface area contributed by atoms with Gasteiger partial charge in [0.1, 0.15) is 11.5 Å². The molecule has 2 heterocycles. The second-order valence-electron chi connectivity index (χ2n) is 3.06. The number of carbonyl (C=O) groups is 1. The van der Waals surface area contributed by atoms with Gasteiger partial charge >= 0.3 is 0 Å². The van der Waals surface area contributed by atoms with Crippen molar-refractivity contribution >= 4 is 17.4 Å². The minimum Gasteiger partial charge on any atom is -0.349 e. The first-order valence-electron chi connectivity index (χ1n) is 4.01. The minimum absolute atomic E-state index is 0.0255. The van der Waals surface area contributed by atoms with E-state index >= 15 is 0 Å². The lowest BCUT2D eigenvalue weighted by atomic mass is 10.3. The third-order valence-corrected chi connectivity index (χ3v) is 1.91. The van der Waals surface area contributed by atoms with Crippen LogP contribution in [-0.2, 0) is 4.79 Å². The van der Waals surface area contributed by atoms with E-state index in [-0.39, 0.29) is 5.91 Å². The molecule has 5 nitrogen and oxygen atoms in total. The number of aromatic nitrogens is 2. The quantitative estimate of drug-likeness (QED) is 0.615. The highest BCUT2D eigenvalue weighted by molar-refractivity contribution is 5.99. The molecule has 1 aromatic rings. The molecular formula is C8H10N4O. The highest BCUT2D eigenvalue weighted by Gasteiger charge is 2.20. The summed E-state index contributed by atoms with van der Waals surface area (Å²) in [5, 5.41) is 2.71. The number of aryl methyl sites for hydroxylation is 1. The molecule has 1 amide bonds. The number of carbonyl (C=O) groups excluding carboxylic acids is 1. The van der Waals surface area contributed by atoms with Crippen molar-refractivity contribution in [3.8, 4) is 0 Å². The monoisotopic (exact) mass is 178 g/mol. The van der Waals surface area contributed by atoms with Gasteiger partial charge in [-0.2, -0.15) is 0 Å². The van der Waals surface area contributed by atoms with Gasteiger partial charge in [0.2, 0.25) is 5.91 Å². The maximum atomic E-state index is 11.1. The highest BCUT2D eigenvalue weighted by atomic mass is 16.2. The molecule has 1 aromatic heterocycles. The summed E-state index contributed by atoms with van der Waals surface area (Å²) in [5.41, 5.74) is 0.685. The molecular weight excluding hydrogens is 168 g/mol. The van der Waals surface area contributed by atoms with Crippen molar-refractivity contribution in [2.75, 3.05) is 23.8 Å². The average molecular weight is 178 g/mol.